The number of piperidine rings is 1. The number of likely N-dealkylation sites (tertiary alicyclic amines) is 1. The number of hydrogen-bond acceptors (Lipinski definition) is 5. The Labute approximate surface area is 134 Å². The quantitative estimate of drug-likeness (QED) is 0.906. The summed E-state index contributed by atoms with van der Waals surface area (Å²) < 4.78 is 1.73. The van der Waals surface area contributed by atoms with E-state index in [-0.39, 0.29) is 5.91 Å². The van der Waals surface area contributed by atoms with Gasteiger partial charge in [0.05, 0.1) is 12.7 Å². The number of carbonyl (C=O) groups is 1. The third-order valence-corrected chi connectivity index (χ3v) is 4.82. The molecule has 3 heterocycles. The molecule has 0 aliphatic carbocycles. The van der Waals surface area contributed by atoms with Crippen molar-refractivity contribution in [2.45, 2.75) is 19.4 Å². The van der Waals surface area contributed by atoms with Gasteiger partial charge in [0.2, 0.25) is 0 Å². The maximum Gasteiger partial charge on any atom is 0.276 e. The summed E-state index contributed by atoms with van der Waals surface area (Å²) in [7, 11) is 1.96. The zero-order valence-corrected chi connectivity index (χ0v) is 13.6. The number of nitrogens with zero attached hydrogens (tertiary/aromatic N) is 4. The molecule has 3 rings (SSSR count). The minimum Gasteiger partial charge on any atom is -0.337 e. The fourth-order valence-electron chi connectivity index (χ4n) is 2.90. The number of carbonyl (C=O) groups excluding carboxylic acids is 1. The molecule has 1 amide bonds. The van der Waals surface area contributed by atoms with E-state index in [9.17, 15) is 4.79 Å². The van der Waals surface area contributed by atoms with Crippen LogP contribution in [-0.4, -0.2) is 52.5 Å². The molecule has 1 fully saturated rings. The van der Waals surface area contributed by atoms with Crippen LogP contribution in [0.2, 0.25) is 0 Å². The van der Waals surface area contributed by atoms with Gasteiger partial charge in [-0.25, -0.2) is 4.68 Å². The second kappa shape index (κ2) is 7.02. The average Bonchev–Trinajstić information content (AvgIpc) is 3.19. The van der Waals surface area contributed by atoms with Gasteiger partial charge in [-0.15, -0.1) is 16.4 Å². The van der Waals surface area contributed by atoms with Crippen molar-refractivity contribution in [1.29, 1.82) is 0 Å². The van der Waals surface area contributed by atoms with Crippen molar-refractivity contribution in [3.63, 3.8) is 0 Å². The Balaban J connectivity index is 1.63. The Morgan fingerprint density at radius 1 is 1.55 bits per heavy atom. The topological polar surface area (TPSA) is 63.1 Å². The molecule has 2 aromatic rings. The first-order valence-corrected chi connectivity index (χ1v) is 8.50. The molecule has 1 aliphatic heterocycles. The van der Waals surface area contributed by atoms with Gasteiger partial charge < -0.3 is 10.2 Å². The van der Waals surface area contributed by atoms with Crippen LogP contribution in [-0.2, 0) is 6.54 Å². The van der Waals surface area contributed by atoms with Gasteiger partial charge in [0.25, 0.3) is 5.91 Å². The first-order chi connectivity index (χ1) is 10.8. The molecule has 0 saturated carbocycles. The summed E-state index contributed by atoms with van der Waals surface area (Å²) in [5.74, 6) is 0.530. The summed E-state index contributed by atoms with van der Waals surface area (Å²) in [4.78, 5) is 15.7. The molecule has 7 heteroatoms. The second-order valence-corrected chi connectivity index (χ2v) is 6.73. The number of thiophene rings is 1. The molecule has 1 saturated heterocycles. The molecule has 0 aromatic carbocycles. The minimum absolute atomic E-state index is 0.00164. The third kappa shape index (κ3) is 3.53. The Bertz CT molecular complexity index is 607. The van der Waals surface area contributed by atoms with Gasteiger partial charge in [0.1, 0.15) is 0 Å². The van der Waals surface area contributed by atoms with Crippen LogP contribution in [0.3, 0.4) is 0 Å². The predicted octanol–water partition coefficient (Wildman–Crippen LogP) is 1.46. The minimum atomic E-state index is -0.00164. The molecule has 1 aliphatic rings. The largest absolute Gasteiger partial charge is 0.337 e. The normalized spacial score (nSPS) is 18.6. The summed E-state index contributed by atoms with van der Waals surface area (Å²) in [5.41, 5.74) is 0.446. The average molecular weight is 319 g/mol. The van der Waals surface area contributed by atoms with Crippen molar-refractivity contribution in [2.24, 2.45) is 5.92 Å². The van der Waals surface area contributed by atoms with Crippen molar-refractivity contribution in [1.82, 2.24) is 25.2 Å². The maximum atomic E-state index is 12.6. The summed E-state index contributed by atoms with van der Waals surface area (Å²) in [6.07, 6.45) is 3.99. The van der Waals surface area contributed by atoms with Crippen molar-refractivity contribution in [3.05, 3.63) is 34.3 Å². The lowest BCUT2D eigenvalue weighted by Crippen LogP contribution is -2.42. The van der Waals surface area contributed by atoms with E-state index in [1.807, 2.05) is 23.4 Å². The molecule has 2 aromatic heterocycles. The number of hydrogen-bond donors (Lipinski definition) is 1. The van der Waals surface area contributed by atoms with E-state index in [1.54, 1.807) is 22.2 Å². The van der Waals surface area contributed by atoms with E-state index in [0.717, 1.165) is 26.1 Å². The standard InChI is InChI=1S/C15H21N5OS/c1-16-8-12-4-2-6-19(9-12)15(21)14-11-20(18-17-14)10-13-5-3-7-22-13/h3,5,7,11-12,16H,2,4,6,8-10H2,1H3. The number of amides is 1. The fourth-order valence-corrected chi connectivity index (χ4v) is 3.60. The van der Waals surface area contributed by atoms with Crippen LogP contribution in [0.25, 0.3) is 0 Å². The van der Waals surface area contributed by atoms with Gasteiger partial charge in [-0.2, -0.15) is 0 Å². The molecular formula is C15H21N5OS. The molecule has 1 unspecified atom stereocenters. The zero-order chi connectivity index (χ0) is 15.4. The van der Waals surface area contributed by atoms with E-state index in [2.05, 4.69) is 21.7 Å². The highest BCUT2D eigenvalue weighted by Gasteiger charge is 2.25. The van der Waals surface area contributed by atoms with Gasteiger partial charge >= 0.3 is 0 Å². The number of nitrogens with one attached hydrogen (secondary N) is 1. The van der Waals surface area contributed by atoms with E-state index in [4.69, 9.17) is 0 Å². The lowest BCUT2D eigenvalue weighted by Gasteiger charge is -2.32. The van der Waals surface area contributed by atoms with Gasteiger partial charge in [0, 0.05) is 18.0 Å². The highest BCUT2D eigenvalue weighted by Crippen LogP contribution is 2.17. The van der Waals surface area contributed by atoms with Crippen LogP contribution in [0.15, 0.2) is 23.7 Å². The van der Waals surface area contributed by atoms with Crippen molar-refractivity contribution >= 4 is 17.2 Å². The van der Waals surface area contributed by atoms with Gasteiger partial charge in [-0.3, -0.25) is 4.79 Å². The van der Waals surface area contributed by atoms with E-state index >= 15 is 0 Å². The van der Waals surface area contributed by atoms with E-state index in [0.29, 0.717) is 18.2 Å². The molecule has 1 atom stereocenters. The SMILES string of the molecule is CNCC1CCCN(C(=O)c2cn(Cc3cccs3)nn2)C1. The molecule has 118 valence electrons. The van der Waals surface area contributed by atoms with Crippen LogP contribution in [0.5, 0.6) is 0 Å². The van der Waals surface area contributed by atoms with Crippen LogP contribution in [0.1, 0.15) is 28.2 Å². The lowest BCUT2D eigenvalue weighted by atomic mass is 9.98. The summed E-state index contributed by atoms with van der Waals surface area (Å²) in [6.45, 7) is 3.24. The molecule has 22 heavy (non-hydrogen) atoms. The Morgan fingerprint density at radius 2 is 2.45 bits per heavy atom. The predicted molar refractivity (Wildman–Crippen MR) is 86.0 cm³/mol. The van der Waals surface area contributed by atoms with Crippen molar-refractivity contribution in [2.75, 3.05) is 26.7 Å². The first kappa shape index (κ1) is 15.2. The monoisotopic (exact) mass is 319 g/mol. The smallest absolute Gasteiger partial charge is 0.276 e. The van der Waals surface area contributed by atoms with Crippen molar-refractivity contribution < 1.29 is 4.79 Å². The fraction of sp³-hybridized carbons (Fsp3) is 0.533. The van der Waals surface area contributed by atoms with E-state index < -0.39 is 0 Å². The number of aromatic nitrogens is 3. The molecule has 0 bridgehead atoms. The molecular weight excluding hydrogens is 298 g/mol. The number of rotatable bonds is 5. The molecule has 0 spiro atoms. The molecule has 0 radical (unpaired) electrons. The van der Waals surface area contributed by atoms with Crippen molar-refractivity contribution in [3.8, 4) is 0 Å². The van der Waals surface area contributed by atoms with Crippen LogP contribution in [0, 0.1) is 5.92 Å². The van der Waals surface area contributed by atoms with Gasteiger partial charge in [-0.05, 0) is 43.8 Å². The van der Waals surface area contributed by atoms with Crippen LogP contribution >= 0.6 is 11.3 Å². The highest BCUT2D eigenvalue weighted by molar-refractivity contribution is 7.09. The highest BCUT2D eigenvalue weighted by atomic mass is 32.1. The molecule has 6 nitrogen and oxygen atoms in total. The summed E-state index contributed by atoms with van der Waals surface area (Å²) in [5, 5.41) is 13.4. The summed E-state index contributed by atoms with van der Waals surface area (Å²) in [6, 6.07) is 4.07. The Hall–Kier alpha value is -1.73. The van der Waals surface area contributed by atoms with Gasteiger partial charge in [-0.1, -0.05) is 11.3 Å². The lowest BCUT2D eigenvalue weighted by molar-refractivity contribution is 0.0668. The van der Waals surface area contributed by atoms with Crippen LogP contribution < -0.4 is 5.32 Å². The Morgan fingerprint density at radius 3 is 3.23 bits per heavy atom. The molecule has 1 N–H and O–H groups in total. The maximum absolute atomic E-state index is 12.6. The van der Waals surface area contributed by atoms with Gasteiger partial charge in [0.15, 0.2) is 5.69 Å². The van der Waals surface area contributed by atoms with Crippen LogP contribution in [0.4, 0.5) is 0 Å². The summed E-state index contributed by atoms with van der Waals surface area (Å²) >= 11 is 1.68. The Kier molecular flexibility index (Phi) is 4.84. The van der Waals surface area contributed by atoms with E-state index in [1.165, 1.54) is 11.3 Å². The second-order valence-electron chi connectivity index (χ2n) is 5.70. The zero-order valence-electron chi connectivity index (χ0n) is 12.7. The first-order valence-electron chi connectivity index (χ1n) is 7.62. The third-order valence-electron chi connectivity index (χ3n) is 3.95.